The van der Waals surface area contributed by atoms with Gasteiger partial charge in [-0.05, 0) is 36.3 Å². The SMILES string of the molecule is COCCCN(C)C(=O)/C=C/c1cc(Cl)ccc1Cl. The Morgan fingerprint density at radius 2 is 2.16 bits per heavy atom. The van der Waals surface area contributed by atoms with E-state index < -0.39 is 0 Å². The third-order valence-electron chi connectivity index (χ3n) is 2.58. The van der Waals surface area contributed by atoms with Crippen LogP contribution in [0.1, 0.15) is 12.0 Å². The molecule has 0 heterocycles. The van der Waals surface area contributed by atoms with E-state index in [4.69, 9.17) is 27.9 Å². The van der Waals surface area contributed by atoms with Crippen molar-refractivity contribution in [3.05, 3.63) is 39.9 Å². The van der Waals surface area contributed by atoms with Crippen LogP contribution in [0.15, 0.2) is 24.3 Å². The average molecular weight is 302 g/mol. The quantitative estimate of drug-likeness (QED) is 0.594. The molecule has 0 bridgehead atoms. The van der Waals surface area contributed by atoms with E-state index >= 15 is 0 Å². The molecule has 0 unspecified atom stereocenters. The van der Waals surface area contributed by atoms with Crippen LogP contribution in [-0.4, -0.2) is 38.1 Å². The fourth-order valence-electron chi connectivity index (χ4n) is 1.49. The van der Waals surface area contributed by atoms with Gasteiger partial charge in [0.05, 0.1) is 0 Å². The molecule has 0 saturated heterocycles. The fraction of sp³-hybridized carbons (Fsp3) is 0.357. The Bertz CT molecular complexity index is 461. The van der Waals surface area contributed by atoms with Crippen molar-refractivity contribution in [2.75, 3.05) is 27.3 Å². The van der Waals surface area contributed by atoms with Crippen LogP contribution in [0, 0.1) is 0 Å². The van der Waals surface area contributed by atoms with Gasteiger partial charge in [0.2, 0.25) is 5.91 Å². The van der Waals surface area contributed by atoms with Gasteiger partial charge in [-0.1, -0.05) is 23.2 Å². The van der Waals surface area contributed by atoms with Crippen LogP contribution in [0.3, 0.4) is 0 Å². The number of hydrogen-bond acceptors (Lipinski definition) is 2. The molecular formula is C14H17Cl2NO2. The minimum Gasteiger partial charge on any atom is -0.385 e. The highest BCUT2D eigenvalue weighted by Crippen LogP contribution is 2.21. The standard InChI is InChI=1S/C14H17Cl2NO2/c1-17(8-3-9-19-2)14(18)7-4-11-10-12(15)5-6-13(11)16/h4-7,10H,3,8-9H2,1-2H3/b7-4+. The minimum absolute atomic E-state index is 0.0767. The van der Waals surface area contributed by atoms with Crippen molar-refractivity contribution >= 4 is 35.2 Å². The van der Waals surface area contributed by atoms with Crippen LogP contribution >= 0.6 is 23.2 Å². The van der Waals surface area contributed by atoms with E-state index in [1.165, 1.54) is 6.08 Å². The van der Waals surface area contributed by atoms with Crippen molar-refractivity contribution in [2.24, 2.45) is 0 Å². The number of likely N-dealkylation sites (N-methyl/N-ethyl adjacent to an activating group) is 1. The summed E-state index contributed by atoms with van der Waals surface area (Å²) in [5, 5.41) is 1.15. The zero-order valence-electron chi connectivity index (χ0n) is 11.0. The van der Waals surface area contributed by atoms with Crippen molar-refractivity contribution in [1.82, 2.24) is 4.90 Å². The highest BCUT2D eigenvalue weighted by Gasteiger charge is 2.04. The highest BCUT2D eigenvalue weighted by atomic mass is 35.5. The zero-order valence-corrected chi connectivity index (χ0v) is 12.5. The molecule has 0 atom stereocenters. The Morgan fingerprint density at radius 1 is 1.42 bits per heavy atom. The van der Waals surface area contributed by atoms with Gasteiger partial charge in [-0.2, -0.15) is 0 Å². The van der Waals surface area contributed by atoms with Gasteiger partial charge in [-0.15, -0.1) is 0 Å². The number of rotatable bonds is 6. The molecule has 0 spiro atoms. The Hall–Kier alpha value is -1.03. The monoisotopic (exact) mass is 301 g/mol. The van der Waals surface area contributed by atoms with E-state index in [1.807, 2.05) is 0 Å². The van der Waals surface area contributed by atoms with E-state index in [-0.39, 0.29) is 5.91 Å². The molecule has 19 heavy (non-hydrogen) atoms. The average Bonchev–Trinajstić information content (AvgIpc) is 2.39. The van der Waals surface area contributed by atoms with Crippen LogP contribution in [0.5, 0.6) is 0 Å². The summed E-state index contributed by atoms with van der Waals surface area (Å²) in [5.41, 5.74) is 0.729. The Kier molecular flexibility index (Phi) is 6.92. The lowest BCUT2D eigenvalue weighted by molar-refractivity contribution is -0.124. The fourth-order valence-corrected chi connectivity index (χ4v) is 1.85. The van der Waals surface area contributed by atoms with Crippen molar-refractivity contribution in [3.8, 4) is 0 Å². The molecule has 1 amide bonds. The lowest BCUT2D eigenvalue weighted by Crippen LogP contribution is -2.26. The molecule has 0 saturated carbocycles. The van der Waals surface area contributed by atoms with Gasteiger partial charge in [0.1, 0.15) is 0 Å². The number of benzene rings is 1. The zero-order chi connectivity index (χ0) is 14.3. The largest absolute Gasteiger partial charge is 0.385 e. The summed E-state index contributed by atoms with van der Waals surface area (Å²) in [7, 11) is 3.39. The first-order valence-corrected chi connectivity index (χ1v) is 6.67. The van der Waals surface area contributed by atoms with Crippen LogP contribution in [0.2, 0.25) is 10.0 Å². The number of nitrogens with zero attached hydrogens (tertiary/aromatic N) is 1. The highest BCUT2D eigenvalue weighted by molar-refractivity contribution is 6.34. The Morgan fingerprint density at radius 3 is 2.84 bits per heavy atom. The molecule has 1 aromatic carbocycles. The van der Waals surface area contributed by atoms with Crippen LogP contribution in [0.25, 0.3) is 6.08 Å². The number of amides is 1. The molecule has 5 heteroatoms. The van der Waals surface area contributed by atoms with E-state index in [0.29, 0.717) is 23.2 Å². The number of ether oxygens (including phenoxy) is 1. The third kappa shape index (κ3) is 5.64. The second-order valence-electron chi connectivity index (χ2n) is 4.11. The van der Waals surface area contributed by atoms with Crippen LogP contribution < -0.4 is 0 Å². The molecule has 0 radical (unpaired) electrons. The Labute approximate surface area is 123 Å². The van der Waals surface area contributed by atoms with Crippen LogP contribution in [-0.2, 0) is 9.53 Å². The lowest BCUT2D eigenvalue weighted by atomic mass is 10.2. The third-order valence-corrected chi connectivity index (χ3v) is 3.16. The predicted molar refractivity (Wildman–Crippen MR) is 79.6 cm³/mol. The summed E-state index contributed by atoms with van der Waals surface area (Å²) < 4.78 is 4.94. The molecule has 0 aliphatic rings. The number of carbonyl (C=O) groups is 1. The van der Waals surface area contributed by atoms with Crippen molar-refractivity contribution in [1.29, 1.82) is 0 Å². The van der Waals surface area contributed by atoms with Gasteiger partial charge < -0.3 is 9.64 Å². The van der Waals surface area contributed by atoms with Gasteiger partial charge in [-0.25, -0.2) is 0 Å². The van der Waals surface area contributed by atoms with Crippen molar-refractivity contribution in [2.45, 2.75) is 6.42 Å². The Balaban J connectivity index is 2.60. The molecule has 104 valence electrons. The molecule has 0 aliphatic carbocycles. The minimum atomic E-state index is -0.0767. The summed E-state index contributed by atoms with van der Waals surface area (Å²) in [4.78, 5) is 13.5. The maximum Gasteiger partial charge on any atom is 0.246 e. The van der Waals surface area contributed by atoms with Gasteiger partial charge in [0.15, 0.2) is 0 Å². The summed E-state index contributed by atoms with van der Waals surface area (Å²) in [6, 6.07) is 5.13. The van der Waals surface area contributed by atoms with Crippen molar-refractivity contribution < 1.29 is 9.53 Å². The molecule has 0 aromatic heterocycles. The van der Waals surface area contributed by atoms with Gasteiger partial charge >= 0.3 is 0 Å². The number of carbonyl (C=O) groups excluding carboxylic acids is 1. The normalized spacial score (nSPS) is 10.9. The first-order chi connectivity index (χ1) is 9.04. The summed E-state index contributed by atoms with van der Waals surface area (Å²) in [6.45, 7) is 1.29. The van der Waals surface area contributed by atoms with Gasteiger partial charge in [-0.3, -0.25) is 4.79 Å². The van der Waals surface area contributed by atoms with Gasteiger partial charge in [0.25, 0.3) is 0 Å². The summed E-state index contributed by atoms with van der Waals surface area (Å²) in [6.07, 6.45) is 3.97. The summed E-state index contributed by atoms with van der Waals surface area (Å²) >= 11 is 11.9. The molecule has 1 rings (SSSR count). The topological polar surface area (TPSA) is 29.5 Å². The van der Waals surface area contributed by atoms with Crippen molar-refractivity contribution in [3.63, 3.8) is 0 Å². The first kappa shape index (κ1) is 16.0. The number of halogens is 2. The number of hydrogen-bond donors (Lipinski definition) is 0. The van der Waals surface area contributed by atoms with E-state index in [2.05, 4.69) is 0 Å². The first-order valence-electron chi connectivity index (χ1n) is 5.91. The molecular weight excluding hydrogens is 285 g/mol. The molecule has 1 aromatic rings. The van der Waals surface area contributed by atoms with E-state index in [0.717, 1.165) is 12.0 Å². The number of methoxy groups -OCH3 is 1. The predicted octanol–water partition coefficient (Wildman–Crippen LogP) is 3.50. The van der Waals surface area contributed by atoms with E-state index in [9.17, 15) is 4.79 Å². The molecule has 3 nitrogen and oxygen atoms in total. The molecule has 0 fully saturated rings. The second-order valence-corrected chi connectivity index (χ2v) is 4.95. The van der Waals surface area contributed by atoms with E-state index in [1.54, 1.807) is 43.3 Å². The summed E-state index contributed by atoms with van der Waals surface area (Å²) in [5.74, 6) is -0.0767. The molecule has 0 N–H and O–H groups in total. The lowest BCUT2D eigenvalue weighted by Gasteiger charge is -2.14. The smallest absolute Gasteiger partial charge is 0.246 e. The molecule has 0 aliphatic heterocycles. The second kappa shape index (κ2) is 8.20. The van der Waals surface area contributed by atoms with Crippen LogP contribution in [0.4, 0.5) is 0 Å². The maximum absolute atomic E-state index is 11.8. The maximum atomic E-state index is 11.8. The van der Waals surface area contributed by atoms with Gasteiger partial charge in [0, 0.05) is 43.4 Å².